The van der Waals surface area contributed by atoms with Crippen LogP contribution in [0.4, 0.5) is 132 Å². The molecule has 0 aromatic heterocycles. The molecule has 0 saturated heterocycles. The number of hydrogen-bond acceptors (Lipinski definition) is 0. The van der Waals surface area contributed by atoms with E-state index in [0.717, 1.165) is 0 Å². The molecule has 0 N–H and O–H groups in total. The Hall–Kier alpha value is -7.56. The van der Waals surface area contributed by atoms with Crippen LogP contribution in [0.25, 0.3) is 66.8 Å². The highest BCUT2D eigenvalue weighted by atomic mass is 19.2. The Labute approximate surface area is 373 Å². The van der Waals surface area contributed by atoms with E-state index in [1.807, 2.05) is 0 Å². The second-order valence-electron chi connectivity index (χ2n) is 13.9. The minimum absolute atomic E-state index is 2.81. The first-order valence-electron chi connectivity index (χ1n) is 17.7. The van der Waals surface area contributed by atoms with Crippen LogP contribution < -0.4 is 0 Å². The van der Waals surface area contributed by atoms with E-state index in [0.29, 0.717) is 0 Å². The van der Waals surface area contributed by atoms with E-state index in [1.54, 1.807) is 0 Å². The summed E-state index contributed by atoms with van der Waals surface area (Å²) in [4.78, 5) is 0. The van der Waals surface area contributed by atoms with Crippen molar-refractivity contribution in [1.82, 2.24) is 0 Å². The Bertz CT molecular complexity index is 3190. The molecule has 0 nitrogen and oxygen atoms in total. The summed E-state index contributed by atoms with van der Waals surface area (Å²) in [7, 11) is 0. The second kappa shape index (κ2) is 17.6. The van der Waals surface area contributed by atoms with Gasteiger partial charge in [-0.1, -0.05) is 0 Å². The highest BCUT2D eigenvalue weighted by Gasteiger charge is 2.43. The second-order valence-corrected chi connectivity index (χ2v) is 13.9. The summed E-state index contributed by atoms with van der Waals surface area (Å²) in [6.07, 6.45) is 0. The lowest BCUT2D eigenvalue weighted by Gasteiger charge is -2.19. The molecule has 378 valence electrons. The fraction of sp³-hybridized carbons (Fsp3) is 0. The summed E-state index contributed by atoms with van der Waals surface area (Å²) in [5.41, 5.74) is -36.3. The quantitative estimate of drug-likeness (QED) is 0.0884. The maximum atomic E-state index is 15.6. The van der Waals surface area contributed by atoms with E-state index in [-0.39, 0.29) is 0 Å². The third-order valence-corrected chi connectivity index (χ3v) is 10.2. The Kier molecular flexibility index (Phi) is 12.8. The molecule has 0 amide bonds. The molecule has 0 bridgehead atoms. The van der Waals surface area contributed by atoms with Crippen LogP contribution in [0.1, 0.15) is 0 Å². The van der Waals surface area contributed by atoms with Gasteiger partial charge in [0.2, 0.25) is 11.6 Å². The van der Waals surface area contributed by atoms with Crippen LogP contribution in [0.2, 0.25) is 0 Å². The maximum absolute atomic E-state index is 15.6. The third-order valence-electron chi connectivity index (χ3n) is 10.2. The van der Waals surface area contributed by atoms with Gasteiger partial charge in [0.15, 0.2) is 163 Å². The van der Waals surface area contributed by atoms with E-state index in [9.17, 15) is 43.9 Å². The van der Waals surface area contributed by atoms with Gasteiger partial charge < -0.3 is 0 Å². The van der Waals surface area contributed by atoms with E-state index in [1.165, 1.54) is 0 Å². The van der Waals surface area contributed by atoms with Crippen molar-refractivity contribution in [3.8, 4) is 66.8 Å². The lowest BCUT2D eigenvalue weighted by atomic mass is 9.91. The Morgan fingerprint density at radius 3 is 0.181 bits per heavy atom. The van der Waals surface area contributed by atoms with E-state index in [4.69, 9.17) is 0 Å². The molecule has 0 aliphatic heterocycles. The predicted octanol–water partition coefficient (Wildman–Crippen LogP) is 15.9. The lowest BCUT2D eigenvalue weighted by Crippen LogP contribution is -2.14. The molecule has 72 heavy (non-hydrogen) atoms. The number of benzene rings is 7. The summed E-state index contributed by atoms with van der Waals surface area (Å²) >= 11 is 0. The Balaban J connectivity index is 1.42. The summed E-state index contributed by atoms with van der Waals surface area (Å²) < 4.78 is 447. The van der Waals surface area contributed by atoms with E-state index in [2.05, 4.69) is 0 Å². The molecular weight excluding hydrogens is 1070 g/mol. The molecule has 0 saturated carbocycles. The number of hydrogen-bond donors (Lipinski definition) is 0. The minimum Gasteiger partial charge on any atom is -0.203 e. The van der Waals surface area contributed by atoms with Crippen molar-refractivity contribution >= 4 is 0 Å². The molecule has 0 radical (unpaired) electrons. The van der Waals surface area contributed by atoms with Gasteiger partial charge in [0.05, 0.1) is 66.8 Å². The number of halogens is 30. The van der Waals surface area contributed by atoms with Gasteiger partial charge in [-0.25, -0.2) is 132 Å². The summed E-state index contributed by atoms with van der Waals surface area (Å²) in [6, 6.07) is 0. The van der Waals surface area contributed by atoms with Gasteiger partial charge in [-0.3, -0.25) is 0 Å². The zero-order chi connectivity index (χ0) is 54.2. The van der Waals surface area contributed by atoms with Crippen LogP contribution in [-0.2, 0) is 0 Å². The molecule has 0 fully saturated rings. The van der Waals surface area contributed by atoms with Crippen molar-refractivity contribution in [2.24, 2.45) is 0 Å². The standard InChI is InChI=1S/C42F30/c43-13-1(3-17(47)21(51)5(22(52)18(3)48)7-25(55)29(59)9(30(60)26(7)56)11-33(63)37(67)41(71)38(68)34(11)64)14(44)16(46)2(15(13)45)4-19(49)23(53)6(24(54)20(4)50)8-27(57)31(61)10(32(62)28(8)58)12-35(65)39(69)42(72)40(70)36(12)66. The first-order valence-corrected chi connectivity index (χ1v) is 17.7. The van der Waals surface area contributed by atoms with Crippen molar-refractivity contribution in [1.29, 1.82) is 0 Å². The monoisotopic (exact) mass is 1070 g/mol. The van der Waals surface area contributed by atoms with Crippen LogP contribution in [0.3, 0.4) is 0 Å². The average Bonchev–Trinajstić information content (AvgIpc) is 3.34. The van der Waals surface area contributed by atoms with Crippen molar-refractivity contribution in [2.75, 3.05) is 0 Å². The van der Waals surface area contributed by atoms with Gasteiger partial charge in [-0.15, -0.1) is 0 Å². The van der Waals surface area contributed by atoms with Gasteiger partial charge >= 0.3 is 0 Å². The van der Waals surface area contributed by atoms with E-state index >= 15 is 87.8 Å². The molecule has 0 spiro atoms. The van der Waals surface area contributed by atoms with Gasteiger partial charge in [-0.05, 0) is 0 Å². The lowest BCUT2D eigenvalue weighted by molar-refractivity contribution is 0.379. The van der Waals surface area contributed by atoms with Crippen molar-refractivity contribution in [2.45, 2.75) is 0 Å². The molecule has 0 aliphatic carbocycles. The number of rotatable bonds is 6. The first-order chi connectivity index (χ1) is 33.3. The zero-order valence-electron chi connectivity index (χ0n) is 32.3. The molecular formula is C42F30. The van der Waals surface area contributed by atoms with Crippen molar-refractivity contribution in [3.63, 3.8) is 0 Å². The topological polar surface area (TPSA) is 0 Å². The molecule has 7 aromatic rings. The van der Waals surface area contributed by atoms with Gasteiger partial charge in [0.25, 0.3) is 0 Å². The highest BCUT2D eigenvalue weighted by molar-refractivity contribution is 5.82. The van der Waals surface area contributed by atoms with Crippen LogP contribution in [0.5, 0.6) is 0 Å². The third kappa shape index (κ3) is 6.93. The minimum atomic E-state index is -3.57. The Morgan fingerprint density at radius 1 is 0.0694 bits per heavy atom. The summed E-state index contributed by atoms with van der Waals surface area (Å²) in [6.45, 7) is 0. The van der Waals surface area contributed by atoms with Gasteiger partial charge in [0.1, 0.15) is 0 Å². The molecule has 30 heteroatoms. The maximum Gasteiger partial charge on any atom is 0.200 e. The largest absolute Gasteiger partial charge is 0.203 e. The van der Waals surface area contributed by atoms with Crippen molar-refractivity contribution in [3.05, 3.63) is 175 Å². The highest BCUT2D eigenvalue weighted by Crippen LogP contribution is 2.49. The van der Waals surface area contributed by atoms with Crippen LogP contribution >= 0.6 is 0 Å². The molecule has 7 rings (SSSR count). The van der Waals surface area contributed by atoms with Gasteiger partial charge in [-0.2, -0.15) is 0 Å². The van der Waals surface area contributed by atoms with Crippen LogP contribution in [0.15, 0.2) is 0 Å². The molecule has 7 aromatic carbocycles. The van der Waals surface area contributed by atoms with Crippen LogP contribution in [-0.4, -0.2) is 0 Å². The molecule has 0 unspecified atom stereocenters. The smallest absolute Gasteiger partial charge is 0.200 e. The summed E-state index contributed by atoms with van der Waals surface area (Å²) in [5, 5.41) is 0. The normalized spacial score (nSPS) is 11.8. The van der Waals surface area contributed by atoms with Crippen molar-refractivity contribution < 1.29 is 132 Å². The fourth-order valence-corrected chi connectivity index (χ4v) is 7.00. The Morgan fingerprint density at radius 2 is 0.111 bits per heavy atom. The fourth-order valence-electron chi connectivity index (χ4n) is 7.00. The molecule has 0 aliphatic rings. The molecule has 0 heterocycles. The molecule has 0 atom stereocenters. The summed E-state index contributed by atoms with van der Waals surface area (Å²) in [5.74, 6) is -101. The average molecular weight is 1070 g/mol. The SMILES string of the molecule is Fc1c(F)c(F)c(-c2c(F)c(F)c(-c3c(F)c(F)c(-c4c(F)c(F)c(-c5c(F)c(F)c(-c6c(F)c(F)c(-c7c(F)c(F)c(F)c(F)c7F)c(F)c6F)c(F)c5F)c(F)c4F)c(F)c3F)c(F)c2F)c(F)c1F. The predicted molar refractivity (Wildman–Crippen MR) is 178 cm³/mol. The van der Waals surface area contributed by atoms with Gasteiger partial charge in [0, 0.05) is 0 Å². The first kappa shape index (κ1) is 52.3. The van der Waals surface area contributed by atoms with E-state index < -0.39 is 241 Å². The zero-order valence-corrected chi connectivity index (χ0v) is 32.3. The van der Waals surface area contributed by atoms with Crippen LogP contribution in [0, 0.1) is 175 Å².